The van der Waals surface area contributed by atoms with Gasteiger partial charge in [-0.2, -0.15) is 0 Å². The Balaban J connectivity index is 3.85. The van der Waals surface area contributed by atoms with Crippen molar-refractivity contribution >= 4 is 11.9 Å². The van der Waals surface area contributed by atoms with E-state index in [1.165, 1.54) is 0 Å². The van der Waals surface area contributed by atoms with E-state index in [-0.39, 0.29) is 12.5 Å². The molecule has 4 heteroatoms. The maximum absolute atomic E-state index is 11.2. The lowest BCUT2D eigenvalue weighted by Crippen LogP contribution is -2.31. The van der Waals surface area contributed by atoms with E-state index in [0.29, 0.717) is 18.3 Å². The molecule has 0 saturated carbocycles. The predicted molar refractivity (Wildman–Crippen MR) is 53.9 cm³/mol. The van der Waals surface area contributed by atoms with Crippen molar-refractivity contribution in [2.45, 2.75) is 33.6 Å². The minimum atomic E-state index is -1.00. The van der Waals surface area contributed by atoms with E-state index in [4.69, 9.17) is 5.11 Å². The number of aliphatic carboxylic acids is 1. The lowest BCUT2D eigenvalue weighted by atomic mass is 9.90. The number of amides is 1. The molecule has 4 nitrogen and oxygen atoms in total. The van der Waals surface area contributed by atoms with Crippen LogP contribution in [-0.2, 0) is 9.59 Å². The van der Waals surface area contributed by atoms with E-state index in [0.717, 1.165) is 6.42 Å². The number of carbonyl (C=O) groups is 2. The van der Waals surface area contributed by atoms with Crippen molar-refractivity contribution in [1.29, 1.82) is 0 Å². The van der Waals surface area contributed by atoms with E-state index < -0.39 is 5.97 Å². The molecule has 0 aromatic rings. The summed E-state index contributed by atoms with van der Waals surface area (Å²) >= 11 is 0. The van der Waals surface area contributed by atoms with Crippen LogP contribution in [-0.4, -0.2) is 23.5 Å². The van der Waals surface area contributed by atoms with Crippen molar-refractivity contribution in [3.63, 3.8) is 0 Å². The zero-order chi connectivity index (χ0) is 11.1. The van der Waals surface area contributed by atoms with E-state index in [1.807, 2.05) is 6.92 Å². The molecule has 2 N–H and O–H groups in total. The van der Waals surface area contributed by atoms with Crippen LogP contribution in [0.4, 0.5) is 0 Å². The van der Waals surface area contributed by atoms with Crippen LogP contribution in [0.15, 0.2) is 0 Å². The van der Waals surface area contributed by atoms with Gasteiger partial charge in [-0.25, -0.2) is 0 Å². The lowest BCUT2D eigenvalue weighted by Gasteiger charge is -2.17. The molecule has 0 radical (unpaired) electrons. The summed E-state index contributed by atoms with van der Waals surface area (Å²) in [5, 5.41) is 10.7. The van der Waals surface area contributed by atoms with E-state index >= 15 is 0 Å². The third-order valence-electron chi connectivity index (χ3n) is 2.35. The summed E-state index contributed by atoms with van der Waals surface area (Å²) in [6.07, 6.45) is 1.36. The molecule has 0 fully saturated rings. The molecule has 0 heterocycles. The maximum Gasteiger partial charge on any atom is 0.322 e. The number of carboxylic acids is 1. The predicted octanol–water partition coefficient (Wildman–Crippen LogP) is 1.26. The van der Waals surface area contributed by atoms with Gasteiger partial charge in [0.15, 0.2) is 0 Å². The zero-order valence-corrected chi connectivity index (χ0v) is 9.04. The number of carboxylic acid groups (broad SMARTS) is 1. The SMILES string of the molecule is CCC(CC(=O)NCC(=O)O)C(C)C. The van der Waals surface area contributed by atoms with Crippen molar-refractivity contribution in [1.82, 2.24) is 5.32 Å². The molecule has 0 aliphatic carbocycles. The first-order valence-corrected chi connectivity index (χ1v) is 4.95. The largest absolute Gasteiger partial charge is 0.480 e. The minimum Gasteiger partial charge on any atom is -0.480 e. The van der Waals surface area contributed by atoms with Crippen molar-refractivity contribution in [3.8, 4) is 0 Å². The lowest BCUT2D eigenvalue weighted by molar-refractivity contribution is -0.138. The van der Waals surface area contributed by atoms with Gasteiger partial charge in [-0.3, -0.25) is 9.59 Å². The Labute approximate surface area is 84.7 Å². The van der Waals surface area contributed by atoms with Crippen molar-refractivity contribution in [2.24, 2.45) is 11.8 Å². The summed E-state index contributed by atoms with van der Waals surface area (Å²) in [6.45, 7) is 5.89. The topological polar surface area (TPSA) is 66.4 Å². The van der Waals surface area contributed by atoms with Crippen LogP contribution < -0.4 is 5.32 Å². The zero-order valence-electron chi connectivity index (χ0n) is 9.04. The van der Waals surface area contributed by atoms with Gasteiger partial charge in [0.1, 0.15) is 6.54 Å². The van der Waals surface area contributed by atoms with Crippen LogP contribution in [0.5, 0.6) is 0 Å². The Morgan fingerprint density at radius 3 is 2.29 bits per heavy atom. The Morgan fingerprint density at radius 2 is 1.93 bits per heavy atom. The highest BCUT2D eigenvalue weighted by molar-refractivity contribution is 5.81. The van der Waals surface area contributed by atoms with Crippen LogP contribution in [0.2, 0.25) is 0 Å². The highest BCUT2D eigenvalue weighted by atomic mass is 16.4. The van der Waals surface area contributed by atoms with Gasteiger partial charge in [-0.05, 0) is 11.8 Å². The van der Waals surface area contributed by atoms with Crippen LogP contribution in [0.1, 0.15) is 33.6 Å². The van der Waals surface area contributed by atoms with Crippen molar-refractivity contribution < 1.29 is 14.7 Å². The van der Waals surface area contributed by atoms with Crippen LogP contribution in [0.3, 0.4) is 0 Å². The smallest absolute Gasteiger partial charge is 0.322 e. The third kappa shape index (κ3) is 5.56. The van der Waals surface area contributed by atoms with Crippen molar-refractivity contribution in [3.05, 3.63) is 0 Å². The molecule has 14 heavy (non-hydrogen) atoms. The molecule has 1 unspecified atom stereocenters. The summed E-state index contributed by atoms with van der Waals surface area (Å²) in [6, 6.07) is 0. The minimum absolute atomic E-state index is 0.173. The fourth-order valence-corrected chi connectivity index (χ4v) is 1.34. The maximum atomic E-state index is 11.2. The van der Waals surface area contributed by atoms with E-state index in [9.17, 15) is 9.59 Å². The molecule has 0 aromatic heterocycles. The molecule has 1 atom stereocenters. The molecule has 0 spiro atoms. The first-order chi connectivity index (χ1) is 6.47. The highest BCUT2D eigenvalue weighted by Gasteiger charge is 2.15. The quantitative estimate of drug-likeness (QED) is 0.680. The highest BCUT2D eigenvalue weighted by Crippen LogP contribution is 2.18. The van der Waals surface area contributed by atoms with Crippen LogP contribution >= 0.6 is 0 Å². The van der Waals surface area contributed by atoms with E-state index in [1.54, 1.807) is 0 Å². The monoisotopic (exact) mass is 201 g/mol. The number of hydrogen-bond donors (Lipinski definition) is 2. The first kappa shape index (κ1) is 12.9. The van der Waals surface area contributed by atoms with Gasteiger partial charge in [-0.15, -0.1) is 0 Å². The average Bonchev–Trinajstić information content (AvgIpc) is 2.10. The average molecular weight is 201 g/mol. The van der Waals surface area contributed by atoms with E-state index in [2.05, 4.69) is 19.2 Å². The summed E-state index contributed by atoms with van der Waals surface area (Å²) in [4.78, 5) is 21.4. The second kappa shape index (κ2) is 6.40. The number of nitrogens with one attached hydrogen (secondary N) is 1. The second-order valence-corrected chi connectivity index (χ2v) is 3.79. The summed E-state index contributed by atoms with van der Waals surface area (Å²) < 4.78 is 0. The molecular formula is C10H19NO3. The van der Waals surface area contributed by atoms with Gasteiger partial charge < -0.3 is 10.4 Å². The van der Waals surface area contributed by atoms with Gasteiger partial charge in [0.2, 0.25) is 5.91 Å². The Bertz CT molecular complexity index is 202. The molecule has 0 aliphatic heterocycles. The molecule has 0 bridgehead atoms. The molecule has 0 saturated heterocycles. The normalized spacial score (nSPS) is 12.6. The summed E-state index contributed by atoms with van der Waals surface area (Å²) in [5.74, 6) is -0.386. The fraction of sp³-hybridized carbons (Fsp3) is 0.800. The first-order valence-electron chi connectivity index (χ1n) is 4.95. The Hall–Kier alpha value is -1.06. The number of hydrogen-bond acceptors (Lipinski definition) is 2. The Kier molecular flexibility index (Phi) is 5.92. The number of rotatable bonds is 6. The third-order valence-corrected chi connectivity index (χ3v) is 2.35. The molecule has 82 valence electrons. The Morgan fingerprint density at radius 1 is 1.36 bits per heavy atom. The standard InChI is InChI=1S/C10H19NO3/c1-4-8(7(2)3)5-9(12)11-6-10(13)14/h7-8H,4-6H2,1-3H3,(H,11,12)(H,13,14). The van der Waals surface area contributed by atoms with Crippen LogP contribution in [0, 0.1) is 11.8 Å². The number of carbonyl (C=O) groups excluding carboxylic acids is 1. The molecule has 1 amide bonds. The molecule has 0 aliphatic rings. The molecular weight excluding hydrogens is 182 g/mol. The van der Waals surface area contributed by atoms with Gasteiger partial charge in [0.05, 0.1) is 0 Å². The molecule has 0 aromatic carbocycles. The van der Waals surface area contributed by atoms with Gasteiger partial charge in [-0.1, -0.05) is 27.2 Å². The molecule has 0 rings (SSSR count). The summed E-state index contributed by atoms with van der Waals surface area (Å²) in [5.41, 5.74) is 0. The van der Waals surface area contributed by atoms with Crippen LogP contribution in [0.25, 0.3) is 0 Å². The van der Waals surface area contributed by atoms with Gasteiger partial charge >= 0.3 is 5.97 Å². The fourth-order valence-electron chi connectivity index (χ4n) is 1.34. The van der Waals surface area contributed by atoms with Crippen molar-refractivity contribution in [2.75, 3.05) is 6.54 Å². The van der Waals surface area contributed by atoms with Gasteiger partial charge in [0.25, 0.3) is 0 Å². The summed E-state index contributed by atoms with van der Waals surface area (Å²) in [7, 11) is 0. The van der Waals surface area contributed by atoms with Gasteiger partial charge in [0, 0.05) is 6.42 Å². The second-order valence-electron chi connectivity index (χ2n) is 3.79.